The predicted molar refractivity (Wildman–Crippen MR) is 112 cm³/mol. The smallest absolute Gasteiger partial charge is 0.262 e. The summed E-state index contributed by atoms with van der Waals surface area (Å²) in [4.78, 5) is 14.0. The number of rotatable bonds is 4. The van der Waals surface area contributed by atoms with Crippen LogP contribution in [0, 0.1) is 30.1 Å². The molecule has 2 nitrogen and oxygen atoms in total. The van der Waals surface area contributed by atoms with Crippen molar-refractivity contribution in [2.24, 2.45) is 23.2 Å². The van der Waals surface area contributed by atoms with Crippen LogP contribution in [-0.2, 0) is 0 Å². The maximum absolute atomic E-state index is 13.2. The van der Waals surface area contributed by atoms with Gasteiger partial charge in [0.2, 0.25) is 0 Å². The number of carbonyl (C=O) groups is 1. The van der Waals surface area contributed by atoms with Crippen LogP contribution in [0.5, 0.6) is 0 Å². The second-order valence-corrected chi connectivity index (χ2v) is 10.4. The summed E-state index contributed by atoms with van der Waals surface area (Å²) in [6.07, 6.45) is 8.33. The highest BCUT2D eigenvalue weighted by molar-refractivity contribution is 7.12. The first-order chi connectivity index (χ1) is 13.0. The number of hydrogen-bond acceptors (Lipinski definition) is 2. The van der Waals surface area contributed by atoms with Gasteiger partial charge in [-0.2, -0.15) is 0 Å². The van der Waals surface area contributed by atoms with Crippen molar-refractivity contribution in [2.75, 3.05) is 0 Å². The first kappa shape index (κ1) is 17.5. The number of thiophene rings is 1. The molecule has 1 aromatic heterocycles. The SMILES string of the molecule is Cc1ccc(-c2ccsc2C(=O)N[C@@H](C)C23CC4CC(CC(C4)C2)C3)cc1. The Hall–Kier alpha value is -1.61. The maximum atomic E-state index is 13.2. The lowest BCUT2D eigenvalue weighted by Crippen LogP contribution is -2.55. The molecule has 1 amide bonds. The summed E-state index contributed by atoms with van der Waals surface area (Å²) in [7, 11) is 0. The fourth-order valence-electron chi connectivity index (χ4n) is 6.57. The zero-order chi connectivity index (χ0) is 18.6. The molecular formula is C24H29NOS. The Bertz CT molecular complexity index is 814. The van der Waals surface area contributed by atoms with Gasteiger partial charge in [0, 0.05) is 11.6 Å². The standard InChI is InChI=1S/C24H29NOS/c1-15-3-5-20(6-4-15)21-7-8-27-22(21)23(26)25-16(2)24-12-17-9-18(13-24)11-19(10-17)14-24/h3-8,16-19H,9-14H2,1-2H3,(H,25,26)/t16-,17?,18?,19?,24?/m0/s1. The van der Waals surface area contributed by atoms with Gasteiger partial charge in [0.1, 0.15) is 0 Å². The number of hydrogen-bond donors (Lipinski definition) is 1. The van der Waals surface area contributed by atoms with Crippen LogP contribution in [0.15, 0.2) is 35.7 Å². The monoisotopic (exact) mass is 379 g/mol. The summed E-state index contributed by atoms with van der Waals surface area (Å²) < 4.78 is 0. The predicted octanol–water partition coefficient (Wildman–Crippen LogP) is 6.06. The Morgan fingerprint density at radius 3 is 2.22 bits per heavy atom. The average Bonchev–Trinajstić information content (AvgIpc) is 3.11. The van der Waals surface area contributed by atoms with Gasteiger partial charge >= 0.3 is 0 Å². The summed E-state index contributed by atoms with van der Waals surface area (Å²) in [6, 6.07) is 10.8. The third-order valence-electron chi connectivity index (χ3n) is 7.59. The van der Waals surface area contributed by atoms with Gasteiger partial charge in [-0.05, 0) is 92.6 Å². The Morgan fingerprint density at radius 1 is 1.04 bits per heavy atom. The van der Waals surface area contributed by atoms with Crippen LogP contribution >= 0.6 is 11.3 Å². The molecule has 2 aromatic rings. The molecule has 0 unspecified atom stereocenters. The second kappa shape index (κ2) is 6.48. The first-order valence-corrected chi connectivity index (χ1v) is 11.4. The molecule has 0 spiro atoms. The molecule has 4 aliphatic rings. The van der Waals surface area contributed by atoms with Crippen LogP contribution in [0.3, 0.4) is 0 Å². The minimum atomic E-state index is 0.115. The molecule has 4 saturated carbocycles. The van der Waals surface area contributed by atoms with E-state index in [2.05, 4.69) is 49.5 Å². The molecule has 0 radical (unpaired) electrons. The number of aryl methyl sites for hydroxylation is 1. The summed E-state index contributed by atoms with van der Waals surface area (Å²) in [6.45, 7) is 4.36. The van der Waals surface area contributed by atoms with Crippen molar-refractivity contribution >= 4 is 17.2 Å². The van der Waals surface area contributed by atoms with Gasteiger partial charge in [0.25, 0.3) is 5.91 Å². The molecule has 1 N–H and O–H groups in total. The van der Waals surface area contributed by atoms with Gasteiger partial charge in [-0.25, -0.2) is 0 Å². The van der Waals surface area contributed by atoms with E-state index in [0.29, 0.717) is 5.41 Å². The van der Waals surface area contributed by atoms with Gasteiger partial charge in [-0.15, -0.1) is 11.3 Å². The van der Waals surface area contributed by atoms with E-state index >= 15 is 0 Å². The highest BCUT2D eigenvalue weighted by atomic mass is 32.1. The number of amides is 1. The third kappa shape index (κ3) is 3.04. The van der Waals surface area contributed by atoms with E-state index in [0.717, 1.165) is 33.8 Å². The van der Waals surface area contributed by atoms with Gasteiger partial charge in [-0.1, -0.05) is 29.8 Å². The molecule has 4 fully saturated rings. The lowest BCUT2D eigenvalue weighted by atomic mass is 9.48. The highest BCUT2D eigenvalue weighted by Gasteiger charge is 2.53. The minimum Gasteiger partial charge on any atom is -0.348 e. The Balaban J connectivity index is 1.36. The summed E-state index contributed by atoms with van der Waals surface area (Å²) >= 11 is 1.56. The van der Waals surface area contributed by atoms with Crippen molar-refractivity contribution in [1.29, 1.82) is 0 Å². The zero-order valence-electron chi connectivity index (χ0n) is 16.3. The van der Waals surface area contributed by atoms with Crippen molar-refractivity contribution in [3.63, 3.8) is 0 Å². The molecule has 3 heteroatoms. The molecule has 6 rings (SSSR count). The number of nitrogens with one attached hydrogen (secondary N) is 1. The minimum absolute atomic E-state index is 0.115. The van der Waals surface area contributed by atoms with Gasteiger partial charge in [0.15, 0.2) is 0 Å². The normalized spacial score (nSPS) is 32.4. The quantitative estimate of drug-likeness (QED) is 0.687. The fraction of sp³-hybridized carbons (Fsp3) is 0.542. The molecule has 1 heterocycles. The Kier molecular flexibility index (Phi) is 4.19. The van der Waals surface area contributed by atoms with Gasteiger partial charge in [0.05, 0.1) is 4.88 Å². The lowest BCUT2D eigenvalue weighted by molar-refractivity contribution is -0.0687. The molecule has 1 aromatic carbocycles. The van der Waals surface area contributed by atoms with Crippen molar-refractivity contribution in [3.05, 3.63) is 46.2 Å². The van der Waals surface area contributed by atoms with Gasteiger partial charge in [-0.3, -0.25) is 4.79 Å². The Morgan fingerprint density at radius 2 is 1.63 bits per heavy atom. The highest BCUT2D eigenvalue weighted by Crippen LogP contribution is 2.61. The van der Waals surface area contributed by atoms with Crippen LogP contribution < -0.4 is 5.32 Å². The molecular weight excluding hydrogens is 350 g/mol. The average molecular weight is 380 g/mol. The van der Waals surface area contributed by atoms with Crippen LogP contribution in [-0.4, -0.2) is 11.9 Å². The molecule has 1 atom stereocenters. The third-order valence-corrected chi connectivity index (χ3v) is 8.50. The van der Waals surface area contributed by atoms with Crippen LogP contribution in [0.25, 0.3) is 11.1 Å². The Labute approximate surface area is 166 Å². The lowest BCUT2D eigenvalue weighted by Gasteiger charge is -2.59. The van der Waals surface area contributed by atoms with E-state index in [-0.39, 0.29) is 11.9 Å². The zero-order valence-corrected chi connectivity index (χ0v) is 17.1. The van der Waals surface area contributed by atoms with E-state index in [9.17, 15) is 4.79 Å². The second-order valence-electron chi connectivity index (χ2n) is 9.50. The van der Waals surface area contributed by atoms with E-state index in [1.165, 1.54) is 44.1 Å². The van der Waals surface area contributed by atoms with E-state index in [1.807, 2.05) is 5.38 Å². The van der Waals surface area contributed by atoms with Crippen LogP contribution in [0.2, 0.25) is 0 Å². The molecule has 27 heavy (non-hydrogen) atoms. The topological polar surface area (TPSA) is 29.1 Å². The van der Waals surface area contributed by atoms with Crippen LogP contribution in [0.1, 0.15) is 60.7 Å². The van der Waals surface area contributed by atoms with Crippen molar-refractivity contribution in [2.45, 2.75) is 58.4 Å². The molecule has 4 bridgehead atoms. The maximum Gasteiger partial charge on any atom is 0.262 e. The van der Waals surface area contributed by atoms with E-state index in [1.54, 1.807) is 11.3 Å². The van der Waals surface area contributed by atoms with Crippen molar-refractivity contribution in [1.82, 2.24) is 5.32 Å². The molecule has 142 valence electrons. The largest absolute Gasteiger partial charge is 0.348 e. The number of benzene rings is 1. The van der Waals surface area contributed by atoms with Crippen molar-refractivity contribution < 1.29 is 4.79 Å². The van der Waals surface area contributed by atoms with E-state index in [4.69, 9.17) is 0 Å². The molecule has 0 aliphatic heterocycles. The van der Waals surface area contributed by atoms with Crippen molar-refractivity contribution in [3.8, 4) is 11.1 Å². The summed E-state index contributed by atoms with van der Waals surface area (Å²) in [5.41, 5.74) is 3.80. The van der Waals surface area contributed by atoms with Crippen LogP contribution in [0.4, 0.5) is 0 Å². The summed E-state index contributed by atoms with van der Waals surface area (Å²) in [5, 5.41) is 5.47. The molecule has 0 saturated heterocycles. The molecule has 4 aliphatic carbocycles. The summed E-state index contributed by atoms with van der Waals surface area (Å²) in [5.74, 6) is 2.87. The fourth-order valence-corrected chi connectivity index (χ4v) is 7.39. The number of carbonyl (C=O) groups excluding carboxylic acids is 1. The van der Waals surface area contributed by atoms with E-state index < -0.39 is 0 Å². The van der Waals surface area contributed by atoms with Gasteiger partial charge < -0.3 is 5.32 Å². The first-order valence-electron chi connectivity index (χ1n) is 10.5.